The molecule has 1 saturated carbocycles. The monoisotopic (exact) mass is 356 g/mol. The summed E-state index contributed by atoms with van der Waals surface area (Å²) in [7, 11) is 0. The summed E-state index contributed by atoms with van der Waals surface area (Å²) < 4.78 is 0. The van der Waals surface area contributed by atoms with Crippen LogP contribution < -0.4 is 10.2 Å². The van der Waals surface area contributed by atoms with Crippen LogP contribution in [-0.4, -0.2) is 36.3 Å². The number of carbonyl (C=O) groups excluding carboxylic acids is 2. The SMILES string of the molecule is Cc1cc(C#N)c(N2CCC(NC3CCCCC3)CC2)nc1C.O=C=O. The van der Waals surface area contributed by atoms with Crippen molar-refractivity contribution in [2.24, 2.45) is 0 Å². The Hall–Kier alpha value is -2.22. The Morgan fingerprint density at radius 1 is 1.08 bits per heavy atom. The van der Waals surface area contributed by atoms with Crippen molar-refractivity contribution < 1.29 is 9.59 Å². The molecule has 0 unspecified atom stereocenters. The van der Waals surface area contributed by atoms with Gasteiger partial charge < -0.3 is 10.2 Å². The largest absolute Gasteiger partial charge is 0.373 e. The number of aryl methyl sites for hydroxylation is 2. The number of pyridine rings is 1. The lowest BCUT2D eigenvalue weighted by molar-refractivity contribution is -0.191. The number of aromatic nitrogens is 1. The summed E-state index contributed by atoms with van der Waals surface area (Å²) in [5.41, 5.74) is 2.84. The second-order valence-corrected chi connectivity index (χ2v) is 7.22. The van der Waals surface area contributed by atoms with Gasteiger partial charge in [0.05, 0.1) is 5.56 Å². The molecule has 0 aromatic carbocycles. The maximum absolute atomic E-state index is 9.40. The summed E-state index contributed by atoms with van der Waals surface area (Å²) >= 11 is 0. The molecule has 0 radical (unpaired) electrons. The zero-order valence-electron chi connectivity index (χ0n) is 15.8. The Labute approximate surface area is 155 Å². The standard InChI is InChI=1S/C19H28N4.CO2/c1-14-12-16(13-20)19(21-15(14)2)23-10-8-18(9-11-23)22-17-6-4-3-5-7-17;2-1-3/h12,17-18,22H,3-11H2,1-2H3;. The summed E-state index contributed by atoms with van der Waals surface area (Å²) in [6, 6.07) is 5.66. The first-order chi connectivity index (χ1) is 12.6. The quantitative estimate of drug-likeness (QED) is 0.896. The van der Waals surface area contributed by atoms with Crippen LogP contribution in [0.1, 0.15) is 61.8 Å². The third-order valence-electron chi connectivity index (χ3n) is 5.44. The fraction of sp³-hybridized carbons (Fsp3) is 0.650. The molecule has 6 nitrogen and oxygen atoms in total. The van der Waals surface area contributed by atoms with E-state index in [-0.39, 0.29) is 6.15 Å². The third kappa shape index (κ3) is 5.39. The van der Waals surface area contributed by atoms with E-state index in [1.807, 2.05) is 19.9 Å². The Morgan fingerprint density at radius 2 is 1.65 bits per heavy atom. The normalized spacial score (nSPS) is 18.4. The predicted molar refractivity (Wildman–Crippen MR) is 98.7 cm³/mol. The van der Waals surface area contributed by atoms with Crippen molar-refractivity contribution in [3.05, 3.63) is 22.9 Å². The molecular weight excluding hydrogens is 328 g/mol. The van der Waals surface area contributed by atoms with Crippen molar-refractivity contribution in [3.8, 4) is 6.07 Å². The Balaban J connectivity index is 0.000000758. The molecule has 6 heteroatoms. The van der Waals surface area contributed by atoms with Crippen molar-refractivity contribution in [1.29, 1.82) is 5.26 Å². The van der Waals surface area contributed by atoms with Gasteiger partial charge in [0.15, 0.2) is 0 Å². The van der Waals surface area contributed by atoms with Crippen LogP contribution >= 0.6 is 0 Å². The maximum atomic E-state index is 9.40. The van der Waals surface area contributed by atoms with Gasteiger partial charge in [-0.1, -0.05) is 19.3 Å². The fourth-order valence-corrected chi connectivity index (χ4v) is 3.88. The molecule has 140 valence electrons. The lowest BCUT2D eigenvalue weighted by Gasteiger charge is -2.36. The van der Waals surface area contributed by atoms with Gasteiger partial charge in [0.2, 0.25) is 0 Å². The number of hydrogen-bond acceptors (Lipinski definition) is 6. The highest BCUT2D eigenvalue weighted by Crippen LogP contribution is 2.25. The van der Waals surface area contributed by atoms with Crippen LogP contribution in [0.5, 0.6) is 0 Å². The molecular formula is C20H28N4O2. The third-order valence-corrected chi connectivity index (χ3v) is 5.44. The first-order valence-electron chi connectivity index (χ1n) is 9.47. The second-order valence-electron chi connectivity index (χ2n) is 7.22. The van der Waals surface area contributed by atoms with Crippen molar-refractivity contribution in [1.82, 2.24) is 10.3 Å². The van der Waals surface area contributed by atoms with E-state index < -0.39 is 0 Å². The molecule has 0 bridgehead atoms. The van der Waals surface area contributed by atoms with Crippen LogP contribution in [0, 0.1) is 25.2 Å². The zero-order valence-corrected chi connectivity index (χ0v) is 15.8. The minimum atomic E-state index is 0.250. The van der Waals surface area contributed by atoms with E-state index in [1.165, 1.54) is 32.1 Å². The van der Waals surface area contributed by atoms with Gasteiger partial charge in [0.25, 0.3) is 0 Å². The number of piperidine rings is 1. The van der Waals surface area contributed by atoms with Gasteiger partial charge in [-0.3, -0.25) is 0 Å². The molecule has 0 amide bonds. The van der Waals surface area contributed by atoms with E-state index in [9.17, 15) is 5.26 Å². The van der Waals surface area contributed by atoms with Crippen molar-refractivity contribution >= 4 is 12.0 Å². The predicted octanol–water partition coefficient (Wildman–Crippen LogP) is 2.88. The smallest absolute Gasteiger partial charge is 0.355 e. The number of nitrogens with zero attached hydrogens (tertiary/aromatic N) is 3. The van der Waals surface area contributed by atoms with Crippen LogP contribution in [0.4, 0.5) is 5.82 Å². The van der Waals surface area contributed by atoms with E-state index in [0.29, 0.717) is 11.6 Å². The van der Waals surface area contributed by atoms with Gasteiger partial charge in [-0.2, -0.15) is 14.9 Å². The lowest BCUT2D eigenvalue weighted by Crippen LogP contribution is -2.47. The molecule has 2 heterocycles. The maximum Gasteiger partial charge on any atom is 0.373 e. The van der Waals surface area contributed by atoms with Crippen molar-refractivity contribution in [3.63, 3.8) is 0 Å². The van der Waals surface area contributed by atoms with Crippen LogP contribution in [0.2, 0.25) is 0 Å². The summed E-state index contributed by atoms with van der Waals surface area (Å²) in [6.45, 7) is 6.04. The molecule has 1 N–H and O–H groups in total. The van der Waals surface area contributed by atoms with Gasteiger partial charge in [0, 0.05) is 30.9 Å². The average molecular weight is 356 g/mol. The number of nitriles is 1. The Morgan fingerprint density at radius 3 is 2.23 bits per heavy atom. The summed E-state index contributed by atoms with van der Waals surface area (Å²) in [5, 5.41) is 13.3. The minimum Gasteiger partial charge on any atom is -0.355 e. The van der Waals surface area contributed by atoms with Crippen LogP contribution in [-0.2, 0) is 9.59 Å². The van der Waals surface area contributed by atoms with E-state index in [4.69, 9.17) is 14.6 Å². The number of hydrogen-bond donors (Lipinski definition) is 1. The molecule has 2 aliphatic rings. The molecule has 2 fully saturated rings. The number of rotatable bonds is 3. The van der Waals surface area contributed by atoms with E-state index >= 15 is 0 Å². The topological polar surface area (TPSA) is 86.1 Å². The van der Waals surface area contributed by atoms with Crippen LogP contribution in [0.3, 0.4) is 0 Å². The summed E-state index contributed by atoms with van der Waals surface area (Å²) in [6.07, 6.45) is 9.41. The number of nitrogens with one attached hydrogen (secondary N) is 1. The van der Waals surface area contributed by atoms with Gasteiger partial charge in [-0.05, 0) is 51.2 Å². The fourth-order valence-electron chi connectivity index (χ4n) is 3.88. The molecule has 1 saturated heterocycles. The summed E-state index contributed by atoms with van der Waals surface area (Å²) in [4.78, 5) is 23.2. The highest BCUT2D eigenvalue weighted by Gasteiger charge is 2.24. The van der Waals surface area contributed by atoms with E-state index in [1.54, 1.807) is 0 Å². The lowest BCUT2D eigenvalue weighted by atomic mass is 9.93. The van der Waals surface area contributed by atoms with E-state index in [0.717, 1.165) is 49.0 Å². The molecule has 1 aromatic rings. The second kappa shape index (κ2) is 10.1. The summed E-state index contributed by atoms with van der Waals surface area (Å²) in [5.74, 6) is 0.881. The first kappa shape index (κ1) is 20.1. The molecule has 0 spiro atoms. The van der Waals surface area contributed by atoms with Crippen LogP contribution in [0.25, 0.3) is 0 Å². The molecule has 26 heavy (non-hydrogen) atoms. The van der Waals surface area contributed by atoms with Crippen molar-refractivity contribution in [2.75, 3.05) is 18.0 Å². The molecule has 1 aromatic heterocycles. The van der Waals surface area contributed by atoms with Gasteiger partial charge >= 0.3 is 6.15 Å². The van der Waals surface area contributed by atoms with Gasteiger partial charge in [0.1, 0.15) is 11.9 Å². The molecule has 1 aliphatic heterocycles. The average Bonchev–Trinajstić information content (AvgIpc) is 2.66. The minimum absolute atomic E-state index is 0.250. The van der Waals surface area contributed by atoms with Crippen LogP contribution in [0.15, 0.2) is 6.07 Å². The Kier molecular flexibility index (Phi) is 7.77. The molecule has 1 aliphatic carbocycles. The van der Waals surface area contributed by atoms with Gasteiger partial charge in [-0.15, -0.1) is 0 Å². The zero-order chi connectivity index (χ0) is 18.9. The highest BCUT2D eigenvalue weighted by molar-refractivity contribution is 5.56. The Bertz CT molecular complexity index is 663. The molecule has 3 rings (SSSR count). The number of anilines is 1. The van der Waals surface area contributed by atoms with E-state index in [2.05, 4.69) is 16.3 Å². The van der Waals surface area contributed by atoms with Crippen molar-refractivity contribution in [2.45, 2.75) is 70.9 Å². The van der Waals surface area contributed by atoms with Gasteiger partial charge in [-0.25, -0.2) is 4.98 Å². The molecule has 0 atom stereocenters. The highest BCUT2D eigenvalue weighted by atomic mass is 16.2. The first-order valence-corrected chi connectivity index (χ1v) is 9.47.